The highest BCUT2D eigenvalue weighted by atomic mass is 19.1. The molecule has 0 unspecified atom stereocenters. The Labute approximate surface area is 125 Å². The molecule has 0 aliphatic carbocycles. The van der Waals surface area contributed by atoms with E-state index in [0.717, 1.165) is 18.2 Å². The van der Waals surface area contributed by atoms with Gasteiger partial charge in [-0.3, -0.25) is 4.79 Å². The Bertz CT molecular complexity index is 731. The van der Waals surface area contributed by atoms with Crippen molar-refractivity contribution in [1.29, 1.82) is 0 Å². The van der Waals surface area contributed by atoms with Gasteiger partial charge in [0.2, 0.25) is 0 Å². The molecule has 0 spiro atoms. The van der Waals surface area contributed by atoms with E-state index in [9.17, 15) is 19.4 Å². The van der Waals surface area contributed by atoms with Crippen molar-refractivity contribution < 1.29 is 24.1 Å². The Balaban J connectivity index is 2.10. The maximum atomic E-state index is 12.8. The van der Waals surface area contributed by atoms with E-state index in [4.69, 9.17) is 4.74 Å². The first-order valence-electron chi connectivity index (χ1n) is 6.20. The molecule has 7 heteroatoms. The van der Waals surface area contributed by atoms with Crippen LogP contribution in [0.4, 0.5) is 4.39 Å². The number of hydrazone groups is 1. The molecule has 2 rings (SSSR count). The fourth-order valence-corrected chi connectivity index (χ4v) is 1.68. The average molecular weight is 304 g/mol. The predicted molar refractivity (Wildman–Crippen MR) is 77.8 cm³/mol. The zero-order chi connectivity index (χ0) is 16.1. The summed E-state index contributed by atoms with van der Waals surface area (Å²) in [6, 6.07) is 7.53. The number of ether oxygens (including phenoxy) is 1. The Morgan fingerprint density at radius 2 is 2.00 bits per heavy atom. The molecule has 0 aromatic heterocycles. The lowest BCUT2D eigenvalue weighted by atomic mass is 10.2. The Kier molecular flexibility index (Phi) is 4.57. The van der Waals surface area contributed by atoms with Crippen LogP contribution in [0.3, 0.4) is 0 Å². The van der Waals surface area contributed by atoms with Gasteiger partial charge >= 0.3 is 0 Å². The average Bonchev–Trinajstić information content (AvgIpc) is 2.49. The van der Waals surface area contributed by atoms with E-state index < -0.39 is 17.5 Å². The van der Waals surface area contributed by atoms with Gasteiger partial charge in [-0.1, -0.05) is 0 Å². The van der Waals surface area contributed by atoms with Gasteiger partial charge in [-0.15, -0.1) is 0 Å². The zero-order valence-corrected chi connectivity index (χ0v) is 11.6. The minimum absolute atomic E-state index is 0.0385. The number of carbonyl (C=O) groups is 1. The van der Waals surface area contributed by atoms with Crippen LogP contribution >= 0.6 is 0 Å². The molecule has 0 saturated heterocycles. The summed E-state index contributed by atoms with van der Waals surface area (Å²) >= 11 is 0. The number of rotatable bonds is 4. The van der Waals surface area contributed by atoms with E-state index in [2.05, 4.69) is 10.5 Å². The lowest BCUT2D eigenvalue weighted by Gasteiger charge is -2.04. The third-order valence-corrected chi connectivity index (χ3v) is 2.81. The first-order chi connectivity index (χ1) is 10.5. The molecule has 114 valence electrons. The van der Waals surface area contributed by atoms with Crippen molar-refractivity contribution in [1.82, 2.24) is 5.43 Å². The van der Waals surface area contributed by atoms with E-state index in [1.165, 1.54) is 25.5 Å². The number of nitrogens with one attached hydrogen (secondary N) is 1. The van der Waals surface area contributed by atoms with Crippen LogP contribution in [0.5, 0.6) is 17.2 Å². The summed E-state index contributed by atoms with van der Waals surface area (Å²) in [6.45, 7) is 0. The third-order valence-electron chi connectivity index (χ3n) is 2.81. The van der Waals surface area contributed by atoms with Crippen molar-refractivity contribution >= 4 is 12.1 Å². The van der Waals surface area contributed by atoms with Gasteiger partial charge in [0.15, 0.2) is 0 Å². The molecular weight excluding hydrogens is 291 g/mol. The predicted octanol–water partition coefficient (Wildman–Crippen LogP) is 2.01. The van der Waals surface area contributed by atoms with E-state index in [1.54, 1.807) is 6.07 Å². The van der Waals surface area contributed by atoms with Crippen molar-refractivity contribution in [2.75, 3.05) is 7.11 Å². The van der Waals surface area contributed by atoms with E-state index in [-0.39, 0.29) is 11.3 Å². The summed E-state index contributed by atoms with van der Waals surface area (Å²) in [5.74, 6) is -1.38. The maximum Gasteiger partial charge on any atom is 0.275 e. The summed E-state index contributed by atoms with van der Waals surface area (Å²) in [5, 5.41) is 22.8. The van der Waals surface area contributed by atoms with Gasteiger partial charge in [-0.2, -0.15) is 5.10 Å². The number of phenols is 2. The van der Waals surface area contributed by atoms with Crippen molar-refractivity contribution in [3.63, 3.8) is 0 Å². The molecule has 0 atom stereocenters. The van der Waals surface area contributed by atoms with Crippen LogP contribution in [-0.2, 0) is 0 Å². The minimum atomic E-state index is -0.712. The number of halogens is 1. The van der Waals surface area contributed by atoms with Gasteiger partial charge in [0, 0.05) is 11.6 Å². The van der Waals surface area contributed by atoms with Crippen molar-refractivity contribution in [2.24, 2.45) is 5.10 Å². The van der Waals surface area contributed by atoms with E-state index >= 15 is 0 Å². The first kappa shape index (κ1) is 15.3. The summed E-state index contributed by atoms with van der Waals surface area (Å²) in [6.07, 6.45) is 1.22. The lowest BCUT2D eigenvalue weighted by Crippen LogP contribution is -2.17. The monoisotopic (exact) mass is 304 g/mol. The highest BCUT2D eigenvalue weighted by Gasteiger charge is 2.11. The van der Waals surface area contributed by atoms with Crippen LogP contribution in [-0.4, -0.2) is 29.4 Å². The van der Waals surface area contributed by atoms with E-state index in [1.807, 2.05) is 0 Å². The largest absolute Gasteiger partial charge is 0.507 e. The molecule has 0 bridgehead atoms. The number of hydrogen-bond acceptors (Lipinski definition) is 5. The van der Waals surface area contributed by atoms with Crippen molar-refractivity contribution in [3.05, 3.63) is 53.3 Å². The number of carbonyl (C=O) groups excluding carboxylic acids is 1. The lowest BCUT2D eigenvalue weighted by molar-refractivity contribution is 0.0952. The topological polar surface area (TPSA) is 91.2 Å². The number of phenolic OH excluding ortho intramolecular Hbond substituents is 2. The van der Waals surface area contributed by atoms with Crippen LogP contribution in [0.25, 0.3) is 0 Å². The van der Waals surface area contributed by atoms with Crippen molar-refractivity contribution in [2.45, 2.75) is 0 Å². The second-order valence-electron chi connectivity index (χ2n) is 4.29. The molecule has 6 nitrogen and oxygen atoms in total. The molecule has 0 heterocycles. The number of hydrogen-bond donors (Lipinski definition) is 3. The number of benzene rings is 2. The maximum absolute atomic E-state index is 12.8. The minimum Gasteiger partial charge on any atom is -0.507 e. The Hall–Kier alpha value is -3.09. The highest BCUT2D eigenvalue weighted by Crippen LogP contribution is 2.21. The molecule has 0 fully saturated rings. The molecular formula is C15H13FN2O4. The van der Waals surface area contributed by atoms with Gasteiger partial charge < -0.3 is 14.9 Å². The van der Waals surface area contributed by atoms with Crippen LogP contribution in [0.15, 0.2) is 41.5 Å². The van der Waals surface area contributed by atoms with Crippen LogP contribution in [0, 0.1) is 5.82 Å². The summed E-state index contributed by atoms with van der Waals surface area (Å²) < 4.78 is 17.8. The second kappa shape index (κ2) is 6.57. The molecule has 0 aliphatic heterocycles. The van der Waals surface area contributed by atoms with Gasteiger partial charge in [0.25, 0.3) is 5.91 Å². The van der Waals surface area contributed by atoms with Crippen LogP contribution in [0.1, 0.15) is 15.9 Å². The number of nitrogens with zero attached hydrogens (tertiary/aromatic N) is 1. The number of methoxy groups -OCH3 is 1. The molecule has 0 aliphatic rings. The smallest absolute Gasteiger partial charge is 0.275 e. The summed E-state index contributed by atoms with van der Waals surface area (Å²) in [5.41, 5.74) is 2.39. The fourth-order valence-electron chi connectivity index (χ4n) is 1.68. The number of amides is 1. The van der Waals surface area contributed by atoms with Gasteiger partial charge in [-0.25, -0.2) is 9.82 Å². The summed E-state index contributed by atoms with van der Waals surface area (Å²) in [4.78, 5) is 11.8. The molecule has 3 N–H and O–H groups in total. The molecule has 2 aromatic rings. The van der Waals surface area contributed by atoms with Crippen LogP contribution in [0.2, 0.25) is 0 Å². The number of aromatic hydroxyl groups is 2. The van der Waals surface area contributed by atoms with Gasteiger partial charge in [-0.05, 0) is 30.3 Å². The quantitative estimate of drug-likeness (QED) is 0.595. The Morgan fingerprint density at radius 3 is 2.68 bits per heavy atom. The molecule has 1 amide bonds. The SMILES string of the molecule is COc1ccc(O)c(C=NNC(=O)c2ccc(F)cc2O)c1. The fraction of sp³-hybridized carbons (Fsp3) is 0.0667. The molecule has 0 saturated carbocycles. The molecule has 2 aromatic carbocycles. The van der Waals surface area contributed by atoms with Crippen molar-refractivity contribution in [3.8, 4) is 17.2 Å². The van der Waals surface area contributed by atoms with Gasteiger partial charge in [0.05, 0.1) is 18.9 Å². The Morgan fingerprint density at radius 1 is 1.23 bits per heavy atom. The van der Waals surface area contributed by atoms with Crippen LogP contribution < -0.4 is 10.2 Å². The van der Waals surface area contributed by atoms with E-state index in [0.29, 0.717) is 11.3 Å². The normalized spacial score (nSPS) is 10.6. The molecule has 22 heavy (non-hydrogen) atoms. The second-order valence-corrected chi connectivity index (χ2v) is 4.29. The molecule has 0 radical (unpaired) electrons. The highest BCUT2D eigenvalue weighted by molar-refractivity contribution is 5.97. The van der Waals surface area contributed by atoms with Gasteiger partial charge in [0.1, 0.15) is 23.1 Å². The zero-order valence-electron chi connectivity index (χ0n) is 11.6. The summed E-state index contributed by atoms with van der Waals surface area (Å²) in [7, 11) is 1.48. The first-order valence-corrected chi connectivity index (χ1v) is 6.20. The third kappa shape index (κ3) is 3.51. The standard InChI is InChI=1S/C15H13FN2O4/c1-22-11-3-5-13(19)9(6-11)8-17-18-15(21)12-4-2-10(16)7-14(12)20/h2-8,19-20H,1H3,(H,18,21).